The average molecular weight is 572 g/mol. The maximum Gasteiger partial charge on any atom is 0.245 e. The molecule has 1 aromatic carbocycles. The first kappa shape index (κ1) is 29.4. The lowest BCUT2D eigenvalue weighted by Crippen LogP contribution is -2.48. The van der Waals surface area contributed by atoms with E-state index in [2.05, 4.69) is 21.5 Å². The number of fused-ring (bicyclic) bond motifs is 1. The monoisotopic (exact) mass is 571 g/mol. The summed E-state index contributed by atoms with van der Waals surface area (Å²) in [5.41, 5.74) is 5.68. The quantitative estimate of drug-likeness (QED) is 0.349. The van der Waals surface area contributed by atoms with E-state index in [1.54, 1.807) is 28.1 Å². The van der Waals surface area contributed by atoms with Crippen molar-refractivity contribution in [3.8, 4) is 11.1 Å². The van der Waals surface area contributed by atoms with Gasteiger partial charge in [0.2, 0.25) is 11.8 Å². The molecule has 1 aliphatic heterocycles. The number of aromatic nitrogens is 5. The van der Waals surface area contributed by atoms with E-state index in [9.17, 15) is 14.4 Å². The molecule has 42 heavy (non-hydrogen) atoms. The molecular formula is C32H41N7O3. The van der Waals surface area contributed by atoms with Crippen LogP contribution in [0.5, 0.6) is 0 Å². The number of likely N-dealkylation sites (N-methyl/N-ethyl adjacent to an activating group) is 1. The van der Waals surface area contributed by atoms with Crippen LogP contribution in [0.3, 0.4) is 0 Å². The van der Waals surface area contributed by atoms with Crippen LogP contribution in [0.4, 0.5) is 0 Å². The van der Waals surface area contributed by atoms with Gasteiger partial charge in [-0.3, -0.25) is 19.1 Å². The van der Waals surface area contributed by atoms with E-state index >= 15 is 0 Å². The third-order valence-corrected chi connectivity index (χ3v) is 8.32. The molecule has 3 aromatic heterocycles. The second kappa shape index (κ2) is 12.8. The van der Waals surface area contributed by atoms with E-state index in [-0.39, 0.29) is 24.1 Å². The lowest BCUT2D eigenvalue weighted by molar-refractivity contribution is -0.140. The van der Waals surface area contributed by atoms with Crippen LogP contribution < -0.4 is 5.32 Å². The Hall–Kier alpha value is -4.08. The lowest BCUT2D eigenvalue weighted by Gasteiger charge is -2.28. The molecule has 4 heterocycles. The smallest absolute Gasteiger partial charge is 0.245 e. The van der Waals surface area contributed by atoms with Crippen molar-refractivity contribution in [2.24, 2.45) is 0 Å². The van der Waals surface area contributed by atoms with Crippen molar-refractivity contribution in [1.29, 1.82) is 0 Å². The zero-order chi connectivity index (χ0) is 29.8. The molecule has 0 aliphatic carbocycles. The van der Waals surface area contributed by atoms with Gasteiger partial charge in [0, 0.05) is 49.9 Å². The van der Waals surface area contributed by atoms with Crippen LogP contribution in [0.15, 0.2) is 30.6 Å². The van der Waals surface area contributed by atoms with Crippen molar-refractivity contribution in [2.45, 2.75) is 91.1 Å². The van der Waals surface area contributed by atoms with Crippen molar-refractivity contribution < 1.29 is 14.4 Å². The van der Waals surface area contributed by atoms with Crippen LogP contribution in [0, 0.1) is 6.92 Å². The topological polar surface area (TPSA) is 114 Å². The second-order valence-corrected chi connectivity index (χ2v) is 11.5. The fourth-order valence-corrected chi connectivity index (χ4v) is 6.04. The van der Waals surface area contributed by atoms with Gasteiger partial charge in [0.25, 0.3) is 0 Å². The zero-order valence-electron chi connectivity index (χ0n) is 25.2. The van der Waals surface area contributed by atoms with E-state index in [1.165, 1.54) is 26.2 Å². The summed E-state index contributed by atoms with van der Waals surface area (Å²) in [5, 5.41) is 12.6. The van der Waals surface area contributed by atoms with E-state index in [4.69, 9.17) is 5.10 Å². The van der Waals surface area contributed by atoms with Crippen LogP contribution in [0.1, 0.15) is 87.0 Å². The van der Waals surface area contributed by atoms with Gasteiger partial charge in [0.05, 0.1) is 11.2 Å². The Morgan fingerprint density at radius 2 is 1.67 bits per heavy atom. The average Bonchev–Trinajstić information content (AvgIpc) is 3.53. The number of ketones is 1. The lowest BCUT2D eigenvalue weighted by atomic mass is 9.96. The molecule has 5 rings (SSSR count). The van der Waals surface area contributed by atoms with Gasteiger partial charge in [-0.25, -0.2) is 9.50 Å². The van der Waals surface area contributed by atoms with E-state index < -0.39 is 6.04 Å². The van der Waals surface area contributed by atoms with Gasteiger partial charge in [-0.05, 0) is 56.4 Å². The van der Waals surface area contributed by atoms with Crippen LogP contribution in [0.25, 0.3) is 27.7 Å². The summed E-state index contributed by atoms with van der Waals surface area (Å²) in [6.07, 6.45) is 13.2. The summed E-state index contributed by atoms with van der Waals surface area (Å²) in [6.45, 7) is 5.67. The SMILES string of the molecule is CNC(=O)[C@H](C)N1CCCCCCCCCCc2cc(-c3cnc4cc(C)nn4c3)cc3c(C(C)=O)nn(c23)CC1=O. The minimum absolute atomic E-state index is 0.0441. The Morgan fingerprint density at radius 1 is 0.952 bits per heavy atom. The molecule has 0 bridgehead atoms. The number of nitrogens with zero attached hydrogens (tertiary/aromatic N) is 6. The molecule has 222 valence electrons. The van der Waals surface area contributed by atoms with Crippen LogP contribution in [-0.4, -0.2) is 66.5 Å². The van der Waals surface area contributed by atoms with Crippen molar-refractivity contribution in [3.05, 3.63) is 47.5 Å². The molecule has 4 aromatic rings. The summed E-state index contributed by atoms with van der Waals surface area (Å²) < 4.78 is 3.45. The molecule has 0 saturated heterocycles. The van der Waals surface area contributed by atoms with E-state index in [0.717, 1.165) is 77.5 Å². The molecule has 10 nitrogen and oxygen atoms in total. The summed E-state index contributed by atoms with van der Waals surface area (Å²) in [4.78, 5) is 45.5. The number of hydrogen-bond acceptors (Lipinski definition) is 6. The van der Waals surface area contributed by atoms with Gasteiger partial charge in [-0.15, -0.1) is 0 Å². The highest BCUT2D eigenvalue weighted by Crippen LogP contribution is 2.32. The largest absolute Gasteiger partial charge is 0.357 e. The van der Waals surface area contributed by atoms with Crippen molar-refractivity contribution in [1.82, 2.24) is 34.6 Å². The predicted octanol–water partition coefficient (Wildman–Crippen LogP) is 4.90. The Balaban J connectivity index is 1.62. The molecule has 1 N–H and O–H groups in total. The maximum absolute atomic E-state index is 13.8. The van der Waals surface area contributed by atoms with Crippen LogP contribution in [0.2, 0.25) is 0 Å². The summed E-state index contributed by atoms with van der Waals surface area (Å²) in [7, 11) is 1.59. The standard InChI is InChI=1S/C32H41N7O3/c1-21-15-28-34-18-26(19-38(28)35-21)25-16-24-13-11-9-7-5-6-8-10-12-14-37(22(2)32(42)33-4)29(41)20-39-31(24)27(17-25)30(36-39)23(3)40/h15-19,22H,5-14,20H2,1-4H3,(H,33,42)/t22-/m0/s1. The first-order valence-corrected chi connectivity index (χ1v) is 15.1. The number of rotatable bonds is 4. The summed E-state index contributed by atoms with van der Waals surface area (Å²) in [5.74, 6) is -0.542. The third-order valence-electron chi connectivity index (χ3n) is 8.32. The van der Waals surface area contributed by atoms with Gasteiger partial charge < -0.3 is 10.2 Å². The van der Waals surface area contributed by atoms with E-state index in [1.807, 2.05) is 31.5 Å². The normalized spacial score (nSPS) is 16.6. The first-order chi connectivity index (χ1) is 20.3. The van der Waals surface area contributed by atoms with Gasteiger partial charge in [-0.2, -0.15) is 10.2 Å². The number of benzene rings is 1. The molecule has 2 amide bonds. The van der Waals surface area contributed by atoms with Crippen molar-refractivity contribution >= 4 is 34.1 Å². The van der Waals surface area contributed by atoms with Crippen molar-refractivity contribution in [2.75, 3.05) is 13.6 Å². The summed E-state index contributed by atoms with van der Waals surface area (Å²) >= 11 is 0. The fourth-order valence-electron chi connectivity index (χ4n) is 6.04. The van der Waals surface area contributed by atoms with Crippen LogP contribution in [-0.2, 0) is 22.6 Å². The van der Waals surface area contributed by atoms with Gasteiger partial charge in [0.15, 0.2) is 11.4 Å². The Morgan fingerprint density at radius 3 is 2.38 bits per heavy atom. The maximum atomic E-state index is 13.8. The number of carbonyl (C=O) groups excluding carboxylic acids is 3. The molecule has 1 atom stereocenters. The second-order valence-electron chi connectivity index (χ2n) is 11.5. The number of carbonyl (C=O) groups is 3. The van der Waals surface area contributed by atoms with Crippen LogP contribution >= 0.6 is 0 Å². The molecule has 0 fully saturated rings. The number of nitrogens with one attached hydrogen (secondary N) is 1. The van der Waals surface area contributed by atoms with Gasteiger partial charge in [-0.1, -0.05) is 38.5 Å². The number of Topliss-reactive ketones (excluding diaryl/α,β-unsaturated/α-hetero) is 1. The van der Waals surface area contributed by atoms with E-state index in [0.29, 0.717) is 12.2 Å². The van der Waals surface area contributed by atoms with Gasteiger partial charge >= 0.3 is 0 Å². The molecule has 1 aliphatic rings. The van der Waals surface area contributed by atoms with Gasteiger partial charge in [0.1, 0.15) is 18.3 Å². The highest BCUT2D eigenvalue weighted by Gasteiger charge is 2.27. The molecule has 0 saturated carbocycles. The number of aryl methyl sites for hydroxylation is 2. The number of amides is 2. The van der Waals surface area contributed by atoms with Crippen molar-refractivity contribution in [3.63, 3.8) is 0 Å². The molecule has 10 heteroatoms. The highest BCUT2D eigenvalue weighted by molar-refractivity contribution is 6.07. The minimum Gasteiger partial charge on any atom is -0.357 e. The zero-order valence-corrected chi connectivity index (χ0v) is 25.2. The number of hydrogen-bond donors (Lipinski definition) is 1. The molecule has 0 spiro atoms. The molecular weight excluding hydrogens is 530 g/mol. The fraction of sp³-hybridized carbons (Fsp3) is 0.500. The highest BCUT2D eigenvalue weighted by atomic mass is 16.2. The molecule has 0 unspecified atom stereocenters. The minimum atomic E-state index is -0.602. The predicted molar refractivity (Wildman–Crippen MR) is 162 cm³/mol. The Bertz CT molecular complexity index is 1620. The Labute approximate surface area is 246 Å². The Kier molecular flexibility index (Phi) is 8.99. The summed E-state index contributed by atoms with van der Waals surface area (Å²) in [6, 6.07) is 5.45. The first-order valence-electron chi connectivity index (χ1n) is 15.1. The third kappa shape index (κ3) is 6.22. The molecule has 0 radical (unpaired) electrons.